The normalized spacial score (nSPS) is 31.4. The molecule has 1 aromatic heterocycles. The zero-order valence-corrected chi connectivity index (χ0v) is 17.5. The highest BCUT2D eigenvalue weighted by atomic mass is 16.3. The SMILES string of the molecule is N#CC[C@]1(n2cc(C(N)O)c(NC(=O)C3CC3)n2)CC[C@@H](N2CC3(CCC3)C2)CC1. The second kappa shape index (κ2) is 7.33. The fourth-order valence-corrected chi connectivity index (χ4v) is 5.71. The number of nitrogens with one attached hydrogen (secondary N) is 1. The summed E-state index contributed by atoms with van der Waals surface area (Å²) in [7, 11) is 0. The van der Waals surface area contributed by atoms with Crippen LogP contribution in [0.2, 0.25) is 0 Å². The van der Waals surface area contributed by atoms with Crippen LogP contribution in [0, 0.1) is 22.7 Å². The molecule has 1 amide bonds. The Morgan fingerprint density at radius 2 is 2.00 bits per heavy atom. The number of nitriles is 1. The van der Waals surface area contributed by atoms with Crippen molar-refractivity contribution in [2.75, 3.05) is 18.4 Å². The van der Waals surface area contributed by atoms with Gasteiger partial charge in [-0.15, -0.1) is 0 Å². The van der Waals surface area contributed by atoms with Gasteiger partial charge in [0.2, 0.25) is 5.91 Å². The Hall–Kier alpha value is -1.95. The second-order valence-electron chi connectivity index (χ2n) is 10.1. The molecule has 4 N–H and O–H groups in total. The van der Waals surface area contributed by atoms with Gasteiger partial charge in [0.1, 0.15) is 6.23 Å². The summed E-state index contributed by atoms with van der Waals surface area (Å²) in [6, 6.07) is 2.94. The van der Waals surface area contributed by atoms with Gasteiger partial charge in [-0.1, -0.05) is 6.42 Å². The summed E-state index contributed by atoms with van der Waals surface area (Å²) in [5, 5.41) is 27.0. The molecule has 0 aromatic carbocycles. The number of carbonyl (C=O) groups excluding carboxylic acids is 1. The third-order valence-corrected chi connectivity index (χ3v) is 8.04. The maximum atomic E-state index is 12.2. The van der Waals surface area contributed by atoms with E-state index in [1.807, 2.05) is 4.68 Å². The minimum absolute atomic E-state index is 0.0388. The standard InChI is InChI=1S/C22H32N6O2/c23-11-10-22(8-4-16(5-9-22)27-13-21(14-27)6-1-7-21)28-12-17(18(24)29)19(26-28)25-20(30)15-2-3-15/h12,15-16,18,29H,1-10,13-14,24H2,(H,25,26,30)/t16-,18?,22+. The van der Waals surface area contributed by atoms with Gasteiger partial charge in [0.25, 0.3) is 0 Å². The molecule has 1 aromatic rings. The van der Waals surface area contributed by atoms with Gasteiger partial charge >= 0.3 is 0 Å². The topological polar surface area (TPSA) is 120 Å². The van der Waals surface area contributed by atoms with Crippen molar-refractivity contribution in [3.05, 3.63) is 11.8 Å². The number of anilines is 1. The van der Waals surface area contributed by atoms with E-state index < -0.39 is 11.8 Å². The van der Waals surface area contributed by atoms with Crippen molar-refractivity contribution in [1.82, 2.24) is 14.7 Å². The van der Waals surface area contributed by atoms with Crippen molar-refractivity contribution < 1.29 is 9.90 Å². The summed E-state index contributed by atoms with van der Waals surface area (Å²) in [5.74, 6) is 0.302. The number of hydrogen-bond acceptors (Lipinski definition) is 6. The number of hydrogen-bond donors (Lipinski definition) is 3. The van der Waals surface area contributed by atoms with Crippen LogP contribution in [0.3, 0.4) is 0 Å². The molecule has 5 rings (SSSR count). The third-order valence-electron chi connectivity index (χ3n) is 8.04. The zero-order chi connectivity index (χ0) is 20.9. The molecule has 8 nitrogen and oxygen atoms in total. The molecular formula is C22H32N6O2. The van der Waals surface area contributed by atoms with Gasteiger partial charge in [-0.2, -0.15) is 10.4 Å². The first kappa shape index (κ1) is 20.0. The number of nitrogens with zero attached hydrogens (tertiary/aromatic N) is 4. The summed E-state index contributed by atoms with van der Waals surface area (Å²) in [4.78, 5) is 14.9. The van der Waals surface area contributed by atoms with E-state index >= 15 is 0 Å². The predicted molar refractivity (Wildman–Crippen MR) is 111 cm³/mol. The number of nitrogens with two attached hydrogens (primary N) is 1. The predicted octanol–water partition coefficient (Wildman–Crippen LogP) is 2.22. The van der Waals surface area contributed by atoms with Crippen LogP contribution in [-0.2, 0) is 10.3 Å². The van der Waals surface area contributed by atoms with Gasteiger partial charge < -0.3 is 16.2 Å². The van der Waals surface area contributed by atoms with Gasteiger partial charge in [-0.3, -0.25) is 14.4 Å². The van der Waals surface area contributed by atoms with E-state index in [0.29, 0.717) is 29.3 Å². The number of aliphatic hydroxyl groups is 1. The first-order valence-electron chi connectivity index (χ1n) is 11.4. The van der Waals surface area contributed by atoms with E-state index in [2.05, 4.69) is 21.4 Å². The molecule has 4 aliphatic rings. The van der Waals surface area contributed by atoms with Crippen LogP contribution in [0.5, 0.6) is 0 Å². The molecule has 3 aliphatic carbocycles. The van der Waals surface area contributed by atoms with E-state index in [1.54, 1.807) is 6.20 Å². The summed E-state index contributed by atoms with van der Waals surface area (Å²) in [6.45, 7) is 2.48. The molecule has 4 fully saturated rings. The average Bonchev–Trinajstić information content (AvgIpc) is 3.41. The highest BCUT2D eigenvalue weighted by Gasteiger charge is 2.50. The molecule has 8 heteroatoms. The molecule has 1 spiro atoms. The number of aromatic nitrogens is 2. The maximum absolute atomic E-state index is 12.2. The molecule has 162 valence electrons. The van der Waals surface area contributed by atoms with Crippen molar-refractivity contribution >= 4 is 11.7 Å². The number of amides is 1. The van der Waals surface area contributed by atoms with E-state index in [1.165, 1.54) is 32.4 Å². The molecule has 1 unspecified atom stereocenters. The van der Waals surface area contributed by atoms with Crippen LogP contribution in [0.1, 0.15) is 76.0 Å². The quantitative estimate of drug-likeness (QED) is 0.616. The smallest absolute Gasteiger partial charge is 0.228 e. The van der Waals surface area contributed by atoms with Crippen molar-refractivity contribution in [2.24, 2.45) is 17.1 Å². The Labute approximate surface area is 177 Å². The van der Waals surface area contributed by atoms with Crippen LogP contribution in [-0.4, -0.2) is 44.8 Å². The Kier molecular flexibility index (Phi) is 4.88. The van der Waals surface area contributed by atoms with Gasteiger partial charge in [0, 0.05) is 31.2 Å². The number of rotatable bonds is 6. The molecule has 0 radical (unpaired) electrons. The lowest BCUT2D eigenvalue weighted by Crippen LogP contribution is -2.63. The molecule has 1 atom stereocenters. The minimum Gasteiger partial charge on any atom is -0.374 e. The molecular weight excluding hydrogens is 380 g/mol. The first-order valence-corrected chi connectivity index (χ1v) is 11.4. The van der Waals surface area contributed by atoms with Gasteiger partial charge in [0.15, 0.2) is 5.82 Å². The monoisotopic (exact) mass is 412 g/mol. The Balaban J connectivity index is 1.31. The van der Waals surface area contributed by atoms with E-state index in [4.69, 9.17) is 5.73 Å². The largest absolute Gasteiger partial charge is 0.374 e. The average molecular weight is 413 g/mol. The summed E-state index contributed by atoms with van der Waals surface area (Å²) < 4.78 is 1.81. The molecule has 1 aliphatic heterocycles. The highest BCUT2D eigenvalue weighted by molar-refractivity contribution is 5.93. The third kappa shape index (κ3) is 3.43. The highest BCUT2D eigenvalue weighted by Crippen LogP contribution is 2.51. The number of aliphatic hydroxyl groups excluding tert-OH is 1. The van der Waals surface area contributed by atoms with Crippen molar-refractivity contribution in [3.8, 4) is 6.07 Å². The molecule has 2 heterocycles. The fraction of sp³-hybridized carbons (Fsp3) is 0.773. The lowest BCUT2D eigenvalue weighted by molar-refractivity contribution is -0.117. The van der Waals surface area contributed by atoms with Crippen LogP contribution in [0.15, 0.2) is 6.20 Å². The van der Waals surface area contributed by atoms with Crippen molar-refractivity contribution in [3.63, 3.8) is 0 Å². The van der Waals surface area contributed by atoms with Gasteiger partial charge in [0.05, 0.1) is 23.6 Å². The lowest BCUT2D eigenvalue weighted by atomic mass is 9.62. The first-order chi connectivity index (χ1) is 14.4. The zero-order valence-electron chi connectivity index (χ0n) is 17.5. The van der Waals surface area contributed by atoms with Crippen molar-refractivity contribution in [1.29, 1.82) is 5.26 Å². The van der Waals surface area contributed by atoms with E-state index in [9.17, 15) is 15.2 Å². The Morgan fingerprint density at radius 1 is 1.30 bits per heavy atom. The number of likely N-dealkylation sites (tertiary alicyclic amines) is 1. The molecule has 3 saturated carbocycles. The van der Waals surface area contributed by atoms with Gasteiger partial charge in [-0.05, 0) is 56.8 Å². The fourth-order valence-electron chi connectivity index (χ4n) is 5.71. The van der Waals surface area contributed by atoms with E-state index in [-0.39, 0.29) is 11.8 Å². The Morgan fingerprint density at radius 3 is 2.53 bits per heavy atom. The van der Waals surface area contributed by atoms with Crippen LogP contribution in [0.25, 0.3) is 0 Å². The van der Waals surface area contributed by atoms with Gasteiger partial charge in [-0.25, -0.2) is 0 Å². The minimum atomic E-state index is -1.22. The van der Waals surface area contributed by atoms with Crippen molar-refractivity contribution in [2.45, 2.75) is 82.0 Å². The van der Waals surface area contributed by atoms with E-state index in [0.717, 1.165) is 38.5 Å². The Bertz CT molecular complexity index is 847. The summed E-state index contributed by atoms with van der Waals surface area (Å²) in [5.41, 5.74) is 6.39. The number of carbonyl (C=O) groups is 1. The summed E-state index contributed by atoms with van der Waals surface area (Å²) >= 11 is 0. The maximum Gasteiger partial charge on any atom is 0.228 e. The van der Waals surface area contributed by atoms with Crippen LogP contribution < -0.4 is 11.1 Å². The second-order valence-corrected chi connectivity index (χ2v) is 10.1. The van der Waals surface area contributed by atoms with Crippen LogP contribution >= 0.6 is 0 Å². The molecule has 1 saturated heterocycles. The molecule has 0 bridgehead atoms. The molecule has 30 heavy (non-hydrogen) atoms. The summed E-state index contributed by atoms with van der Waals surface area (Å²) in [6.07, 6.45) is 10.7. The van der Waals surface area contributed by atoms with Crippen LogP contribution in [0.4, 0.5) is 5.82 Å². The lowest BCUT2D eigenvalue weighted by Gasteiger charge is -2.59.